The Morgan fingerprint density at radius 3 is 1.58 bits per heavy atom. The van der Waals surface area contributed by atoms with E-state index in [1.54, 1.807) is 24.3 Å². The zero-order chi connectivity index (χ0) is 27.4. The minimum atomic E-state index is -0.474. The van der Waals surface area contributed by atoms with Gasteiger partial charge in [0.05, 0.1) is 24.8 Å². The zero-order valence-corrected chi connectivity index (χ0v) is 23.0. The van der Waals surface area contributed by atoms with Crippen molar-refractivity contribution in [2.75, 3.05) is 13.2 Å². The van der Waals surface area contributed by atoms with Crippen molar-refractivity contribution in [3.63, 3.8) is 0 Å². The second-order valence-electron chi connectivity index (χ2n) is 9.52. The average Bonchev–Trinajstić information content (AvgIpc) is 2.94. The summed E-state index contributed by atoms with van der Waals surface area (Å²) < 4.78 is 11.9. The highest BCUT2D eigenvalue weighted by atomic mass is 16.5. The number of carbonyl (C=O) groups is 2. The molecule has 2 aromatic carbocycles. The fourth-order valence-corrected chi connectivity index (χ4v) is 3.97. The van der Waals surface area contributed by atoms with Crippen molar-refractivity contribution >= 4 is 11.8 Å². The summed E-state index contributed by atoms with van der Waals surface area (Å²) in [7, 11) is 0. The molecule has 0 saturated heterocycles. The van der Waals surface area contributed by atoms with Crippen molar-refractivity contribution < 1.29 is 19.1 Å². The molecule has 38 heavy (non-hydrogen) atoms. The third-order valence-electron chi connectivity index (χ3n) is 6.24. The molecule has 0 fully saturated rings. The number of amides is 2. The minimum absolute atomic E-state index is 0.336. The number of benzene rings is 2. The van der Waals surface area contributed by atoms with Crippen LogP contribution in [0.2, 0.25) is 0 Å². The lowest BCUT2D eigenvalue weighted by Crippen LogP contribution is -2.41. The van der Waals surface area contributed by atoms with E-state index in [4.69, 9.17) is 14.7 Å². The third kappa shape index (κ3) is 12.1. The van der Waals surface area contributed by atoms with Gasteiger partial charge in [0.15, 0.2) is 0 Å². The van der Waals surface area contributed by atoms with Crippen LogP contribution < -0.4 is 20.3 Å². The number of rotatable bonds is 18. The van der Waals surface area contributed by atoms with Gasteiger partial charge in [-0.1, -0.05) is 78.1 Å². The fourth-order valence-electron chi connectivity index (χ4n) is 3.97. The first-order chi connectivity index (χ1) is 18.6. The number of nitrogens with zero attached hydrogens (tertiary/aromatic N) is 1. The highest BCUT2D eigenvalue weighted by Crippen LogP contribution is 2.24. The van der Waals surface area contributed by atoms with E-state index in [1.165, 1.54) is 63.5 Å². The van der Waals surface area contributed by atoms with Crippen LogP contribution in [0.4, 0.5) is 0 Å². The van der Waals surface area contributed by atoms with Gasteiger partial charge < -0.3 is 9.47 Å². The number of nitrogens with one attached hydrogen (secondary N) is 2. The Morgan fingerprint density at radius 2 is 1.11 bits per heavy atom. The van der Waals surface area contributed by atoms with E-state index in [1.807, 2.05) is 12.1 Å². The molecule has 0 atom stereocenters. The van der Waals surface area contributed by atoms with Crippen LogP contribution >= 0.6 is 0 Å². The molecule has 2 amide bonds. The first kappa shape index (κ1) is 30.7. The highest BCUT2D eigenvalue weighted by molar-refractivity contribution is 5.99. The van der Waals surface area contributed by atoms with Gasteiger partial charge in [-0.05, 0) is 49.2 Å². The van der Waals surface area contributed by atoms with Crippen LogP contribution in [0.3, 0.4) is 0 Å². The summed E-state index contributed by atoms with van der Waals surface area (Å²) in [5, 5.41) is 8.91. The Hall–Kier alpha value is -3.53. The van der Waals surface area contributed by atoms with Crippen LogP contribution in [0, 0.1) is 11.3 Å². The summed E-state index contributed by atoms with van der Waals surface area (Å²) in [6, 6.07) is 13.3. The maximum atomic E-state index is 12.9. The summed E-state index contributed by atoms with van der Waals surface area (Å²) in [4.78, 5) is 25.3. The molecule has 0 bridgehead atoms. The molecule has 0 saturated carbocycles. The molecule has 0 aromatic heterocycles. The van der Waals surface area contributed by atoms with Crippen LogP contribution in [0.5, 0.6) is 11.5 Å². The van der Waals surface area contributed by atoms with Crippen LogP contribution in [-0.4, -0.2) is 25.0 Å². The Bertz CT molecular complexity index is 979. The lowest BCUT2D eigenvalue weighted by atomic mass is 10.1. The number of hydrazine groups is 1. The molecule has 206 valence electrons. The van der Waals surface area contributed by atoms with E-state index in [9.17, 15) is 9.59 Å². The van der Waals surface area contributed by atoms with Crippen molar-refractivity contribution in [2.45, 2.75) is 90.9 Å². The standard InChI is InChI=1S/C31H43N3O4/c1-3-5-7-9-11-13-19-37-28-21-27(22-29(23-28)38-20-14-12-10-8-6-4-2)31(36)34-33-30(35)26-17-15-25(24-32)16-18-26/h15-18,21-23H,3-14,19-20H2,1-2H3,(H,33,35)(H,34,36). The van der Waals surface area contributed by atoms with Gasteiger partial charge in [0.2, 0.25) is 0 Å². The Labute approximate surface area is 227 Å². The van der Waals surface area contributed by atoms with Crippen molar-refractivity contribution in [1.29, 1.82) is 5.26 Å². The molecule has 7 heteroatoms. The normalized spacial score (nSPS) is 10.4. The molecule has 2 N–H and O–H groups in total. The summed E-state index contributed by atoms with van der Waals surface area (Å²) in [6.45, 7) is 5.56. The number of hydrogen-bond acceptors (Lipinski definition) is 5. The Morgan fingerprint density at radius 1 is 0.658 bits per heavy atom. The predicted molar refractivity (Wildman–Crippen MR) is 150 cm³/mol. The molecule has 0 spiro atoms. The lowest BCUT2D eigenvalue weighted by Gasteiger charge is -2.13. The fraction of sp³-hybridized carbons (Fsp3) is 0.516. The first-order valence-corrected chi connectivity index (χ1v) is 14.1. The summed E-state index contributed by atoms with van der Waals surface area (Å²) in [5.74, 6) is 0.199. The first-order valence-electron chi connectivity index (χ1n) is 14.1. The number of hydrogen-bond donors (Lipinski definition) is 2. The van der Waals surface area contributed by atoms with Crippen LogP contribution in [0.1, 0.15) is 117 Å². The van der Waals surface area contributed by atoms with Crippen molar-refractivity contribution in [3.8, 4) is 17.6 Å². The molecule has 0 heterocycles. The topological polar surface area (TPSA) is 100 Å². The molecular weight excluding hydrogens is 478 g/mol. The van der Waals surface area contributed by atoms with Gasteiger partial charge in [0.25, 0.3) is 11.8 Å². The lowest BCUT2D eigenvalue weighted by molar-refractivity contribution is 0.0846. The van der Waals surface area contributed by atoms with Gasteiger partial charge >= 0.3 is 0 Å². The number of nitriles is 1. The van der Waals surface area contributed by atoms with Gasteiger partial charge in [-0.25, -0.2) is 0 Å². The molecule has 0 aliphatic rings. The Balaban J connectivity index is 1.95. The molecule has 2 rings (SSSR count). The second kappa shape index (κ2) is 18.7. The third-order valence-corrected chi connectivity index (χ3v) is 6.24. The summed E-state index contributed by atoms with van der Waals surface area (Å²) >= 11 is 0. The summed E-state index contributed by atoms with van der Waals surface area (Å²) in [5.41, 5.74) is 6.01. The maximum Gasteiger partial charge on any atom is 0.269 e. The minimum Gasteiger partial charge on any atom is -0.493 e. The summed E-state index contributed by atoms with van der Waals surface area (Å²) in [6.07, 6.45) is 14.0. The van der Waals surface area contributed by atoms with E-state index in [0.717, 1.165) is 25.7 Å². The molecule has 0 aliphatic heterocycles. The maximum absolute atomic E-state index is 12.9. The van der Waals surface area contributed by atoms with Gasteiger partial charge in [-0.15, -0.1) is 0 Å². The molecular formula is C31H43N3O4. The van der Waals surface area contributed by atoms with Gasteiger partial charge in [-0.3, -0.25) is 20.4 Å². The molecule has 0 unspecified atom stereocenters. The van der Waals surface area contributed by atoms with Crippen LogP contribution in [0.25, 0.3) is 0 Å². The Kier molecular flexibility index (Phi) is 15.1. The second-order valence-corrected chi connectivity index (χ2v) is 9.52. The largest absolute Gasteiger partial charge is 0.493 e. The van der Waals surface area contributed by atoms with E-state index < -0.39 is 11.8 Å². The van der Waals surface area contributed by atoms with Gasteiger partial charge in [0.1, 0.15) is 11.5 Å². The van der Waals surface area contributed by atoms with Gasteiger partial charge in [0, 0.05) is 17.2 Å². The van der Waals surface area contributed by atoms with Gasteiger partial charge in [-0.2, -0.15) is 5.26 Å². The average molecular weight is 522 g/mol. The predicted octanol–water partition coefficient (Wildman–Crippen LogP) is 7.11. The number of unbranched alkanes of at least 4 members (excludes halogenated alkanes) is 10. The van der Waals surface area contributed by atoms with Crippen molar-refractivity contribution in [1.82, 2.24) is 10.9 Å². The van der Waals surface area contributed by atoms with Crippen molar-refractivity contribution in [3.05, 3.63) is 59.2 Å². The van der Waals surface area contributed by atoms with Crippen molar-refractivity contribution in [2.24, 2.45) is 0 Å². The van der Waals surface area contributed by atoms with E-state index in [2.05, 4.69) is 24.7 Å². The highest BCUT2D eigenvalue weighted by Gasteiger charge is 2.13. The molecule has 0 aliphatic carbocycles. The quantitative estimate of drug-likeness (QED) is 0.161. The smallest absolute Gasteiger partial charge is 0.269 e. The van der Waals surface area contributed by atoms with E-state index in [-0.39, 0.29) is 0 Å². The number of ether oxygens (including phenoxy) is 2. The number of carbonyl (C=O) groups excluding carboxylic acids is 2. The molecule has 0 radical (unpaired) electrons. The van der Waals surface area contributed by atoms with E-state index in [0.29, 0.717) is 41.4 Å². The van der Waals surface area contributed by atoms with E-state index >= 15 is 0 Å². The SMILES string of the molecule is CCCCCCCCOc1cc(OCCCCCCCC)cc(C(=O)NNC(=O)c2ccc(C#N)cc2)c1. The zero-order valence-electron chi connectivity index (χ0n) is 23.0. The molecule has 2 aromatic rings. The van der Waals surface area contributed by atoms with Crippen LogP contribution in [0.15, 0.2) is 42.5 Å². The van der Waals surface area contributed by atoms with Crippen LogP contribution in [-0.2, 0) is 0 Å². The monoisotopic (exact) mass is 521 g/mol. The molecule has 7 nitrogen and oxygen atoms in total.